The van der Waals surface area contributed by atoms with E-state index < -0.39 is 0 Å². The second-order valence-electron chi connectivity index (χ2n) is 4.78. The summed E-state index contributed by atoms with van der Waals surface area (Å²) in [6.45, 7) is 2.29. The minimum Gasteiger partial charge on any atom is -0.398 e. The molecule has 0 saturated carbocycles. The Labute approximate surface area is 124 Å². The number of benzene rings is 2. The van der Waals surface area contributed by atoms with Gasteiger partial charge in [0.2, 0.25) is 0 Å². The minimum atomic E-state index is 0.135. The largest absolute Gasteiger partial charge is 0.398 e. The Balaban J connectivity index is 2.06. The lowest BCUT2D eigenvalue weighted by molar-refractivity contribution is 0.184. The van der Waals surface area contributed by atoms with Crippen molar-refractivity contribution < 1.29 is 5.11 Å². The predicted octanol–water partition coefficient (Wildman–Crippen LogP) is 2.92. The van der Waals surface area contributed by atoms with Crippen LogP contribution in [0.5, 0.6) is 0 Å². The first-order valence-electron chi connectivity index (χ1n) is 6.60. The van der Waals surface area contributed by atoms with Crippen molar-refractivity contribution in [1.29, 1.82) is 0 Å². The maximum atomic E-state index is 9.20. The SMILES string of the molecule is Nc1cc(CN(CCO)Cc2ccccc2)ccc1Cl. The maximum Gasteiger partial charge on any atom is 0.0635 e. The Morgan fingerprint density at radius 3 is 2.35 bits per heavy atom. The zero-order valence-corrected chi connectivity index (χ0v) is 12.1. The van der Waals surface area contributed by atoms with Gasteiger partial charge < -0.3 is 10.8 Å². The van der Waals surface area contributed by atoms with Gasteiger partial charge in [-0.05, 0) is 23.3 Å². The fraction of sp³-hybridized carbons (Fsp3) is 0.250. The molecule has 0 unspecified atom stereocenters. The number of nitrogen functional groups attached to an aromatic ring is 1. The van der Waals surface area contributed by atoms with E-state index in [0.717, 1.165) is 18.7 Å². The molecule has 0 saturated heterocycles. The summed E-state index contributed by atoms with van der Waals surface area (Å²) in [5, 5.41) is 9.78. The second kappa shape index (κ2) is 7.29. The smallest absolute Gasteiger partial charge is 0.0635 e. The molecule has 20 heavy (non-hydrogen) atoms. The van der Waals surface area contributed by atoms with E-state index in [9.17, 15) is 5.11 Å². The summed E-state index contributed by atoms with van der Waals surface area (Å²) in [7, 11) is 0. The first-order chi connectivity index (χ1) is 9.69. The van der Waals surface area contributed by atoms with E-state index in [-0.39, 0.29) is 6.61 Å². The highest BCUT2D eigenvalue weighted by Crippen LogP contribution is 2.20. The zero-order chi connectivity index (χ0) is 14.4. The van der Waals surface area contributed by atoms with Crippen molar-refractivity contribution >= 4 is 17.3 Å². The van der Waals surface area contributed by atoms with Gasteiger partial charge in [-0.15, -0.1) is 0 Å². The third-order valence-electron chi connectivity index (χ3n) is 3.13. The molecule has 3 nitrogen and oxygen atoms in total. The molecule has 0 aliphatic heterocycles. The summed E-state index contributed by atoms with van der Waals surface area (Å²) in [5.41, 5.74) is 8.73. The van der Waals surface area contributed by atoms with Crippen LogP contribution in [0.3, 0.4) is 0 Å². The lowest BCUT2D eigenvalue weighted by Crippen LogP contribution is -2.26. The van der Waals surface area contributed by atoms with Gasteiger partial charge in [0.05, 0.1) is 17.3 Å². The van der Waals surface area contributed by atoms with E-state index in [1.165, 1.54) is 5.56 Å². The molecule has 4 heteroatoms. The maximum absolute atomic E-state index is 9.20. The van der Waals surface area contributed by atoms with Crippen molar-refractivity contribution in [2.24, 2.45) is 0 Å². The number of aliphatic hydroxyl groups excluding tert-OH is 1. The van der Waals surface area contributed by atoms with Gasteiger partial charge in [-0.2, -0.15) is 0 Å². The van der Waals surface area contributed by atoms with Crippen LogP contribution in [0.2, 0.25) is 5.02 Å². The minimum absolute atomic E-state index is 0.135. The van der Waals surface area contributed by atoms with E-state index in [1.807, 2.05) is 36.4 Å². The van der Waals surface area contributed by atoms with Crippen molar-refractivity contribution in [3.05, 3.63) is 64.7 Å². The molecule has 0 aromatic heterocycles. The number of anilines is 1. The molecule has 0 heterocycles. The molecule has 0 aliphatic carbocycles. The Hall–Kier alpha value is -1.55. The molecule has 0 bridgehead atoms. The molecule has 0 spiro atoms. The van der Waals surface area contributed by atoms with Gasteiger partial charge in [0.15, 0.2) is 0 Å². The summed E-state index contributed by atoms with van der Waals surface area (Å²) >= 11 is 5.93. The van der Waals surface area contributed by atoms with Crippen molar-refractivity contribution in [2.45, 2.75) is 13.1 Å². The molecule has 106 valence electrons. The van der Waals surface area contributed by atoms with E-state index in [4.69, 9.17) is 17.3 Å². The average molecular weight is 291 g/mol. The average Bonchev–Trinajstić information content (AvgIpc) is 2.44. The summed E-state index contributed by atoms with van der Waals surface area (Å²) < 4.78 is 0. The zero-order valence-electron chi connectivity index (χ0n) is 11.3. The van der Waals surface area contributed by atoms with Gasteiger partial charge in [-0.1, -0.05) is 48.0 Å². The normalized spacial score (nSPS) is 10.9. The van der Waals surface area contributed by atoms with Crippen LogP contribution < -0.4 is 5.73 Å². The van der Waals surface area contributed by atoms with E-state index in [1.54, 1.807) is 0 Å². The number of nitrogens with two attached hydrogens (primary N) is 1. The number of halogens is 1. The first-order valence-corrected chi connectivity index (χ1v) is 6.98. The van der Waals surface area contributed by atoms with Crippen molar-refractivity contribution in [3.8, 4) is 0 Å². The van der Waals surface area contributed by atoms with Crippen LogP contribution in [0.15, 0.2) is 48.5 Å². The number of hydrogen-bond donors (Lipinski definition) is 2. The van der Waals surface area contributed by atoms with E-state index in [2.05, 4.69) is 17.0 Å². The van der Waals surface area contributed by atoms with Crippen molar-refractivity contribution in [1.82, 2.24) is 4.90 Å². The highest BCUT2D eigenvalue weighted by atomic mass is 35.5. The molecule has 3 N–H and O–H groups in total. The fourth-order valence-electron chi connectivity index (χ4n) is 2.15. The van der Waals surface area contributed by atoms with E-state index in [0.29, 0.717) is 17.3 Å². The topological polar surface area (TPSA) is 49.5 Å². The van der Waals surface area contributed by atoms with Gasteiger partial charge in [0.25, 0.3) is 0 Å². The molecule has 0 aliphatic rings. The van der Waals surface area contributed by atoms with Gasteiger partial charge in [0.1, 0.15) is 0 Å². The molecular weight excluding hydrogens is 272 g/mol. The molecule has 0 amide bonds. The molecular formula is C16H19ClN2O. The standard InChI is InChI=1S/C16H19ClN2O/c17-15-7-6-14(10-16(15)18)12-19(8-9-20)11-13-4-2-1-3-5-13/h1-7,10,20H,8-9,11-12,18H2. The molecule has 0 fully saturated rings. The van der Waals surface area contributed by atoms with Gasteiger partial charge in [0, 0.05) is 19.6 Å². The summed E-state index contributed by atoms with van der Waals surface area (Å²) in [6, 6.07) is 15.9. The van der Waals surface area contributed by atoms with Crippen LogP contribution >= 0.6 is 11.6 Å². The van der Waals surface area contributed by atoms with Crippen LogP contribution in [0.1, 0.15) is 11.1 Å². The van der Waals surface area contributed by atoms with Crippen molar-refractivity contribution in [3.63, 3.8) is 0 Å². The van der Waals surface area contributed by atoms with Gasteiger partial charge in [-0.25, -0.2) is 0 Å². The summed E-state index contributed by atoms with van der Waals surface area (Å²) in [5.74, 6) is 0. The Kier molecular flexibility index (Phi) is 5.41. The van der Waals surface area contributed by atoms with Gasteiger partial charge in [-0.3, -0.25) is 4.90 Å². The Morgan fingerprint density at radius 1 is 1.00 bits per heavy atom. The summed E-state index contributed by atoms with van der Waals surface area (Å²) in [6.07, 6.45) is 0. The monoisotopic (exact) mass is 290 g/mol. The van der Waals surface area contributed by atoms with Crippen LogP contribution in [0.25, 0.3) is 0 Å². The molecule has 2 aromatic rings. The number of nitrogens with zero attached hydrogens (tertiary/aromatic N) is 1. The van der Waals surface area contributed by atoms with Crippen molar-refractivity contribution in [2.75, 3.05) is 18.9 Å². The Bertz CT molecular complexity index is 545. The second-order valence-corrected chi connectivity index (χ2v) is 5.18. The third kappa shape index (κ3) is 4.23. The number of aliphatic hydroxyl groups is 1. The van der Waals surface area contributed by atoms with Crippen LogP contribution in [-0.4, -0.2) is 23.2 Å². The highest BCUT2D eigenvalue weighted by molar-refractivity contribution is 6.33. The molecule has 2 rings (SSSR count). The lowest BCUT2D eigenvalue weighted by Gasteiger charge is -2.21. The van der Waals surface area contributed by atoms with Crippen LogP contribution in [0, 0.1) is 0 Å². The molecule has 2 aromatic carbocycles. The number of rotatable bonds is 6. The Morgan fingerprint density at radius 2 is 1.70 bits per heavy atom. The van der Waals surface area contributed by atoms with Crippen LogP contribution in [0.4, 0.5) is 5.69 Å². The van der Waals surface area contributed by atoms with Gasteiger partial charge >= 0.3 is 0 Å². The van der Waals surface area contributed by atoms with E-state index >= 15 is 0 Å². The molecule has 0 radical (unpaired) electrons. The highest BCUT2D eigenvalue weighted by Gasteiger charge is 2.07. The third-order valence-corrected chi connectivity index (χ3v) is 3.48. The first kappa shape index (κ1) is 14.9. The quantitative estimate of drug-likeness (QED) is 0.804. The van der Waals surface area contributed by atoms with Crippen LogP contribution in [-0.2, 0) is 13.1 Å². The lowest BCUT2D eigenvalue weighted by atomic mass is 10.1. The summed E-state index contributed by atoms with van der Waals surface area (Å²) in [4.78, 5) is 2.18. The molecule has 0 atom stereocenters. The predicted molar refractivity (Wildman–Crippen MR) is 83.5 cm³/mol. The number of hydrogen-bond acceptors (Lipinski definition) is 3. The fourth-order valence-corrected chi connectivity index (χ4v) is 2.26.